The number of nitrogens with zero attached hydrogens (tertiary/aromatic N) is 1. The van der Waals surface area contributed by atoms with Crippen molar-refractivity contribution in [3.63, 3.8) is 0 Å². The van der Waals surface area contributed by atoms with E-state index in [0.29, 0.717) is 4.51 Å². The zero-order chi connectivity index (χ0) is 11.4. The lowest BCUT2D eigenvalue weighted by atomic mass is 10.1. The summed E-state index contributed by atoms with van der Waals surface area (Å²) >= 11 is 4.99. The molecule has 0 aliphatic carbocycles. The Balaban J connectivity index is 2.42. The fraction of sp³-hybridized carbons (Fsp3) is 0.636. The second kappa shape index (κ2) is 5.37. The van der Waals surface area contributed by atoms with E-state index in [0.717, 1.165) is 37.2 Å². The van der Waals surface area contributed by atoms with Crippen LogP contribution in [0.25, 0.3) is 0 Å². The lowest BCUT2D eigenvalue weighted by Gasteiger charge is -2.14. The maximum Gasteiger partial charge on any atom is 0.204 e. The van der Waals surface area contributed by atoms with Gasteiger partial charge in [0.05, 0.1) is 5.69 Å². The lowest BCUT2D eigenvalue weighted by molar-refractivity contribution is 0.405. The van der Waals surface area contributed by atoms with Gasteiger partial charge in [0.2, 0.25) is 5.43 Å². The van der Waals surface area contributed by atoms with Gasteiger partial charge in [0.15, 0.2) is 0 Å². The molecule has 0 aromatic heterocycles. The molecule has 0 heterocycles. The van der Waals surface area contributed by atoms with Crippen molar-refractivity contribution in [2.75, 3.05) is 32.5 Å². The summed E-state index contributed by atoms with van der Waals surface area (Å²) in [5.74, 6) is 0. The third-order valence-corrected chi connectivity index (χ3v) is 2.84. The summed E-state index contributed by atoms with van der Waals surface area (Å²) in [4.78, 5) is 13.4. The third-order valence-electron chi connectivity index (χ3n) is 2.45. The maximum absolute atomic E-state index is 11.3. The van der Waals surface area contributed by atoms with E-state index in [4.69, 9.17) is 12.2 Å². The summed E-state index contributed by atoms with van der Waals surface area (Å²) in [6, 6.07) is 0. The van der Waals surface area contributed by atoms with Gasteiger partial charge in [0.25, 0.3) is 0 Å². The van der Waals surface area contributed by atoms with Crippen molar-refractivity contribution in [3.8, 4) is 0 Å². The highest BCUT2D eigenvalue weighted by molar-refractivity contribution is 7.71. The van der Waals surface area contributed by atoms with Crippen molar-refractivity contribution < 1.29 is 0 Å². The lowest BCUT2D eigenvalue weighted by Crippen LogP contribution is -2.23. The second-order valence-corrected chi connectivity index (χ2v) is 4.36. The molecule has 0 atom stereocenters. The molecule has 0 aliphatic rings. The highest BCUT2D eigenvalue weighted by atomic mass is 32.1. The molecule has 0 bridgehead atoms. The Bertz CT molecular complexity index is 391. The van der Waals surface area contributed by atoms with Crippen molar-refractivity contribution in [3.05, 3.63) is 20.3 Å². The Hall–Kier alpha value is -0.740. The number of anilines is 1. The summed E-state index contributed by atoms with van der Waals surface area (Å²) in [6.07, 6.45) is 1.83. The van der Waals surface area contributed by atoms with Crippen LogP contribution in [0.3, 0.4) is 0 Å². The van der Waals surface area contributed by atoms with Crippen LogP contribution in [0.1, 0.15) is 18.9 Å². The molecule has 1 aromatic rings. The molecule has 84 valence electrons. The predicted octanol–water partition coefficient (Wildman–Crippen LogP) is 1.58. The fourth-order valence-electron chi connectivity index (χ4n) is 1.57. The zero-order valence-corrected chi connectivity index (χ0v) is 10.4. The monoisotopic (exact) mass is 226 g/mol. The van der Waals surface area contributed by atoms with Crippen molar-refractivity contribution in [1.29, 1.82) is 0 Å². The van der Waals surface area contributed by atoms with Gasteiger partial charge in [0, 0.05) is 12.1 Å². The highest BCUT2D eigenvalue weighted by Gasteiger charge is 2.14. The van der Waals surface area contributed by atoms with E-state index in [9.17, 15) is 4.79 Å². The van der Waals surface area contributed by atoms with Crippen LogP contribution in [0.2, 0.25) is 0 Å². The molecule has 0 fully saturated rings. The van der Waals surface area contributed by atoms with E-state index in [-0.39, 0.29) is 5.43 Å². The molecule has 0 spiro atoms. The van der Waals surface area contributed by atoms with Crippen LogP contribution in [-0.4, -0.2) is 32.1 Å². The molecular formula is C11H18N2OS. The molecule has 0 radical (unpaired) electrons. The highest BCUT2D eigenvalue weighted by Crippen LogP contribution is 2.17. The summed E-state index contributed by atoms with van der Waals surface area (Å²) < 4.78 is 0.483. The molecule has 0 amide bonds. The molecule has 15 heavy (non-hydrogen) atoms. The quantitative estimate of drug-likeness (QED) is 0.589. The van der Waals surface area contributed by atoms with E-state index >= 15 is 0 Å². The van der Waals surface area contributed by atoms with Crippen molar-refractivity contribution >= 4 is 17.9 Å². The number of nitrogens with one attached hydrogen (secondary N) is 1. The fourth-order valence-corrected chi connectivity index (χ4v) is 1.89. The Morgan fingerprint density at radius 2 is 2.07 bits per heavy atom. The first kappa shape index (κ1) is 12.3. The van der Waals surface area contributed by atoms with Crippen molar-refractivity contribution in [2.24, 2.45) is 0 Å². The van der Waals surface area contributed by atoms with Crippen LogP contribution in [-0.2, 0) is 6.42 Å². The van der Waals surface area contributed by atoms with Gasteiger partial charge in [-0.1, -0.05) is 19.1 Å². The number of rotatable bonds is 6. The molecule has 1 rings (SSSR count). The van der Waals surface area contributed by atoms with Crippen LogP contribution >= 0.6 is 12.2 Å². The first-order chi connectivity index (χ1) is 7.07. The Labute approximate surface area is 95.8 Å². The average Bonchev–Trinajstić information content (AvgIpc) is 2.21. The van der Waals surface area contributed by atoms with E-state index < -0.39 is 0 Å². The molecule has 0 saturated heterocycles. The number of hydrogen-bond acceptors (Lipinski definition) is 4. The summed E-state index contributed by atoms with van der Waals surface area (Å²) in [6.45, 7) is 3.91. The SMILES string of the molecule is CCc1c(NCCCN(C)C)c(=S)c1=O. The van der Waals surface area contributed by atoms with Gasteiger partial charge >= 0.3 is 0 Å². The van der Waals surface area contributed by atoms with Crippen LogP contribution in [0.4, 0.5) is 5.69 Å². The van der Waals surface area contributed by atoms with Crippen LogP contribution in [0.15, 0.2) is 4.79 Å². The van der Waals surface area contributed by atoms with Gasteiger partial charge < -0.3 is 10.2 Å². The largest absolute Gasteiger partial charge is 0.383 e. The zero-order valence-electron chi connectivity index (χ0n) is 9.59. The standard InChI is InChI=1S/C11H18N2OS/c1-4-8-9(11(15)10(8)14)12-6-5-7-13(2)3/h12H,4-7H2,1-3H3. The van der Waals surface area contributed by atoms with Gasteiger partial charge in [-0.3, -0.25) is 4.79 Å². The van der Waals surface area contributed by atoms with Crippen molar-refractivity contribution in [2.45, 2.75) is 19.8 Å². The van der Waals surface area contributed by atoms with Crippen LogP contribution < -0.4 is 10.7 Å². The molecular weight excluding hydrogens is 208 g/mol. The Morgan fingerprint density at radius 1 is 1.40 bits per heavy atom. The molecule has 4 heteroatoms. The smallest absolute Gasteiger partial charge is 0.204 e. The van der Waals surface area contributed by atoms with E-state index in [2.05, 4.69) is 10.2 Å². The van der Waals surface area contributed by atoms with Gasteiger partial charge in [-0.15, -0.1) is 0 Å². The third kappa shape index (κ3) is 2.86. The maximum atomic E-state index is 11.3. The summed E-state index contributed by atoms with van der Waals surface area (Å²) in [7, 11) is 4.10. The predicted molar refractivity (Wildman–Crippen MR) is 67.0 cm³/mol. The minimum atomic E-state index is 0.0580. The van der Waals surface area contributed by atoms with E-state index in [1.807, 2.05) is 21.0 Å². The van der Waals surface area contributed by atoms with Crippen LogP contribution in [0.5, 0.6) is 0 Å². The second-order valence-electron chi connectivity index (χ2n) is 3.95. The molecule has 0 saturated carbocycles. The molecule has 1 N–H and O–H groups in total. The van der Waals surface area contributed by atoms with Crippen molar-refractivity contribution in [1.82, 2.24) is 4.90 Å². The average molecular weight is 226 g/mol. The molecule has 1 aromatic carbocycles. The normalized spacial score (nSPS) is 11.2. The topological polar surface area (TPSA) is 32.3 Å². The minimum absolute atomic E-state index is 0.0580. The number of hydrogen-bond donors (Lipinski definition) is 1. The Morgan fingerprint density at radius 3 is 2.60 bits per heavy atom. The molecule has 0 unspecified atom stereocenters. The molecule has 0 aliphatic heterocycles. The van der Waals surface area contributed by atoms with E-state index in [1.54, 1.807) is 0 Å². The first-order valence-corrected chi connectivity index (χ1v) is 5.69. The van der Waals surface area contributed by atoms with Gasteiger partial charge in [-0.2, -0.15) is 0 Å². The summed E-state index contributed by atoms with van der Waals surface area (Å²) in [5.41, 5.74) is 1.84. The molecule has 3 nitrogen and oxygen atoms in total. The van der Waals surface area contributed by atoms with Crippen LogP contribution in [0, 0.1) is 4.51 Å². The first-order valence-electron chi connectivity index (χ1n) is 5.28. The van der Waals surface area contributed by atoms with Gasteiger partial charge in [0.1, 0.15) is 4.51 Å². The van der Waals surface area contributed by atoms with Gasteiger partial charge in [-0.05, 0) is 33.5 Å². The minimum Gasteiger partial charge on any atom is -0.383 e. The Kier molecular flexibility index (Phi) is 4.42. The summed E-state index contributed by atoms with van der Waals surface area (Å²) in [5, 5.41) is 3.25. The van der Waals surface area contributed by atoms with Gasteiger partial charge in [-0.25, -0.2) is 0 Å². The van der Waals surface area contributed by atoms with E-state index in [1.165, 1.54) is 0 Å².